The third-order valence-electron chi connectivity index (χ3n) is 4.96. The monoisotopic (exact) mass is 446 g/mol. The van der Waals surface area contributed by atoms with Gasteiger partial charge in [0.1, 0.15) is 5.56 Å². The number of carbonyl (C=O) groups is 1. The predicted molar refractivity (Wildman–Crippen MR) is 111 cm³/mol. The van der Waals surface area contributed by atoms with Crippen molar-refractivity contribution in [2.45, 2.75) is 38.6 Å². The Morgan fingerprint density at radius 3 is 2.34 bits per heavy atom. The second-order valence-corrected chi connectivity index (χ2v) is 7.80. The van der Waals surface area contributed by atoms with Crippen molar-refractivity contribution in [1.29, 1.82) is 0 Å². The Balaban J connectivity index is 2.13. The van der Waals surface area contributed by atoms with E-state index in [1.165, 1.54) is 44.4 Å². The first kappa shape index (κ1) is 23.1. The number of alkyl halides is 3. The molecule has 3 aromatic rings. The molecule has 168 valence electrons. The first-order valence-electron chi connectivity index (χ1n) is 9.63. The summed E-state index contributed by atoms with van der Waals surface area (Å²) in [5.74, 6) is -0.752. The smallest absolute Gasteiger partial charge is 0.388 e. The number of nitrogens with one attached hydrogen (secondary N) is 1. The van der Waals surface area contributed by atoms with Gasteiger partial charge in [-0.3, -0.25) is 14.6 Å². The standard InChI is InChI=1S/C22H21F3N4O3/c1-13(21(2,3)32)27-19(30)17-11-18(14-6-8-15(9-7-14)22(23,24)25)28-29(20(17)31)16-5-4-10-26-12-16/h4-13,32H,1-3H3,(H,27,30). The minimum atomic E-state index is -4.50. The first-order valence-corrected chi connectivity index (χ1v) is 9.63. The molecule has 0 saturated heterocycles. The van der Waals surface area contributed by atoms with Crippen molar-refractivity contribution in [3.05, 3.63) is 76.3 Å². The normalized spacial score (nSPS) is 13.0. The summed E-state index contributed by atoms with van der Waals surface area (Å²) in [6.45, 7) is 4.59. The summed E-state index contributed by atoms with van der Waals surface area (Å²) < 4.78 is 39.7. The molecule has 2 aromatic heterocycles. The second-order valence-electron chi connectivity index (χ2n) is 7.80. The third-order valence-corrected chi connectivity index (χ3v) is 4.96. The maximum absolute atomic E-state index is 13.0. The maximum atomic E-state index is 13.0. The number of pyridine rings is 1. The minimum absolute atomic E-state index is 0.114. The zero-order valence-corrected chi connectivity index (χ0v) is 17.5. The molecule has 0 aliphatic heterocycles. The predicted octanol–water partition coefficient (Wildman–Crippen LogP) is 3.20. The van der Waals surface area contributed by atoms with Crippen molar-refractivity contribution < 1.29 is 23.1 Å². The lowest BCUT2D eigenvalue weighted by Crippen LogP contribution is -2.48. The van der Waals surface area contributed by atoms with Crippen LogP contribution in [0.3, 0.4) is 0 Å². The van der Waals surface area contributed by atoms with Crippen molar-refractivity contribution in [3.63, 3.8) is 0 Å². The topological polar surface area (TPSA) is 97.1 Å². The lowest BCUT2D eigenvalue weighted by molar-refractivity contribution is -0.137. The minimum Gasteiger partial charge on any atom is -0.388 e. The molecule has 2 N–H and O–H groups in total. The number of carbonyl (C=O) groups excluding carboxylic acids is 1. The summed E-state index contributed by atoms with van der Waals surface area (Å²) in [5, 5.41) is 16.9. The Morgan fingerprint density at radius 1 is 1.16 bits per heavy atom. The lowest BCUT2D eigenvalue weighted by atomic mass is 10.0. The Kier molecular flexibility index (Phi) is 6.18. The molecule has 2 heterocycles. The average Bonchev–Trinajstić information content (AvgIpc) is 2.73. The van der Waals surface area contributed by atoms with E-state index in [0.717, 1.165) is 16.8 Å². The molecule has 7 nitrogen and oxygen atoms in total. The van der Waals surface area contributed by atoms with Gasteiger partial charge in [-0.2, -0.15) is 23.0 Å². The number of aliphatic hydroxyl groups is 1. The Morgan fingerprint density at radius 2 is 1.81 bits per heavy atom. The van der Waals surface area contributed by atoms with E-state index in [9.17, 15) is 27.9 Å². The van der Waals surface area contributed by atoms with E-state index in [-0.39, 0.29) is 22.5 Å². The fraction of sp³-hybridized carbons (Fsp3) is 0.273. The number of benzene rings is 1. The largest absolute Gasteiger partial charge is 0.416 e. The van der Waals surface area contributed by atoms with Gasteiger partial charge in [-0.1, -0.05) is 12.1 Å². The van der Waals surface area contributed by atoms with E-state index in [2.05, 4.69) is 15.4 Å². The van der Waals surface area contributed by atoms with Crippen LogP contribution in [0.2, 0.25) is 0 Å². The van der Waals surface area contributed by atoms with Crippen molar-refractivity contribution >= 4 is 5.91 Å². The summed E-state index contributed by atoms with van der Waals surface area (Å²) in [4.78, 5) is 29.8. The van der Waals surface area contributed by atoms with Crippen LogP contribution in [0.5, 0.6) is 0 Å². The Labute approximate surface area is 181 Å². The third kappa shape index (κ3) is 5.02. The molecule has 1 atom stereocenters. The fourth-order valence-corrected chi connectivity index (χ4v) is 2.73. The van der Waals surface area contributed by atoms with Crippen molar-refractivity contribution in [2.24, 2.45) is 0 Å². The molecular formula is C22H21F3N4O3. The lowest BCUT2D eigenvalue weighted by Gasteiger charge is -2.26. The van der Waals surface area contributed by atoms with Crippen LogP contribution in [-0.4, -0.2) is 37.4 Å². The highest BCUT2D eigenvalue weighted by atomic mass is 19.4. The highest BCUT2D eigenvalue weighted by Crippen LogP contribution is 2.30. The number of nitrogens with zero attached hydrogens (tertiary/aromatic N) is 3. The fourth-order valence-electron chi connectivity index (χ4n) is 2.73. The number of hydrogen-bond donors (Lipinski definition) is 2. The van der Waals surface area contributed by atoms with E-state index >= 15 is 0 Å². The number of halogens is 3. The van der Waals surface area contributed by atoms with Gasteiger partial charge in [0.2, 0.25) is 0 Å². The number of aromatic nitrogens is 3. The molecule has 0 fully saturated rings. The molecular weight excluding hydrogens is 425 g/mol. The molecule has 32 heavy (non-hydrogen) atoms. The van der Waals surface area contributed by atoms with Gasteiger partial charge in [0.25, 0.3) is 11.5 Å². The zero-order chi connectivity index (χ0) is 23.7. The molecule has 1 unspecified atom stereocenters. The van der Waals surface area contributed by atoms with Gasteiger partial charge in [0, 0.05) is 11.8 Å². The van der Waals surface area contributed by atoms with Gasteiger partial charge in [0.05, 0.1) is 34.8 Å². The number of amides is 1. The SMILES string of the molecule is CC(NC(=O)c1cc(-c2ccc(C(F)(F)F)cc2)nn(-c2cccnc2)c1=O)C(C)(C)O. The highest BCUT2D eigenvalue weighted by Gasteiger charge is 2.30. The van der Waals surface area contributed by atoms with Crippen molar-refractivity contribution in [1.82, 2.24) is 20.1 Å². The van der Waals surface area contributed by atoms with Crippen LogP contribution in [0.25, 0.3) is 16.9 Å². The van der Waals surface area contributed by atoms with Gasteiger partial charge < -0.3 is 10.4 Å². The molecule has 0 saturated carbocycles. The summed E-state index contributed by atoms with van der Waals surface area (Å²) in [6.07, 6.45) is -1.64. The summed E-state index contributed by atoms with van der Waals surface area (Å²) in [6, 6.07) is 7.87. The second kappa shape index (κ2) is 8.54. The molecule has 1 amide bonds. The molecule has 0 spiro atoms. The summed E-state index contributed by atoms with van der Waals surface area (Å²) in [7, 11) is 0. The van der Waals surface area contributed by atoms with Gasteiger partial charge >= 0.3 is 6.18 Å². The average molecular weight is 446 g/mol. The quantitative estimate of drug-likeness (QED) is 0.628. The van der Waals surface area contributed by atoms with Crippen LogP contribution in [0.1, 0.15) is 36.7 Å². The number of hydrogen-bond acceptors (Lipinski definition) is 5. The molecule has 10 heteroatoms. The van der Waals surface area contributed by atoms with E-state index < -0.39 is 34.8 Å². The van der Waals surface area contributed by atoms with Crippen LogP contribution in [0.4, 0.5) is 13.2 Å². The van der Waals surface area contributed by atoms with E-state index in [4.69, 9.17) is 0 Å². The highest BCUT2D eigenvalue weighted by molar-refractivity contribution is 5.95. The van der Waals surface area contributed by atoms with Gasteiger partial charge in [0.15, 0.2) is 0 Å². The van der Waals surface area contributed by atoms with Crippen molar-refractivity contribution in [3.8, 4) is 16.9 Å². The van der Waals surface area contributed by atoms with Gasteiger partial charge in [-0.25, -0.2) is 0 Å². The molecule has 0 aliphatic carbocycles. The van der Waals surface area contributed by atoms with Crippen LogP contribution in [0, 0.1) is 0 Å². The van der Waals surface area contributed by atoms with Gasteiger partial charge in [-0.05, 0) is 51.1 Å². The molecule has 3 rings (SSSR count). The summed E-state index contributed by atoms with van der Waals surface area (Å²) >= 11 is 0. The van der Waals surface area contributed by atoms with Crippen LogP contribution in [0.15, 0.2) is 59.7 Å². The number of rotatable bonds is 5. The maximum Gasteiger partial charge on any atom is 0.416 e. The molecule has 1 aromatic carbocycles. The Bertz CT molecular complexity index is 1170. The van der Waals surface area contributed by atoms with E-state index in [0.29, 0.717) is 0 Å². The van der Waals surface area contributed by atoms with Crippen LogP contribution < -0.4 is 10.9 Å². The van der Waals surface area contributed by atoms with E-state index in [1.807, 2.05) is 0 Å². The zero-order valence-electron chi connectivity index (χ0n) is 17.5. The first-order chi connectivity index (χ1) is 14.9. The van der Waals surface area contributed by atoms with E-state index in [1.54, 1.807) is 19.1 Å². The van der Waals surface area contributed by atoms with Crippen molar-refractivity contribution in [2.75, 3.05) is 0 Å². The summed E-state index contributed by atoms with van der Waals surface area (Å²) in [5.41, 5.74) is -2.44. The molecule has 0 radical (unpaired) electrons. The molecule has 0 aliphatic rings. The van der Waals surface area contributed by atoms with Gasteiger partial charge in [-0.15, -0.1) is 0 Å². The molecule has 0 bridgehead atoms. The van der Waals surface area contributed by atoms with Crippen LogP contribution in [-0.2, 0) is 6.18 Å². The van der Waals surface area contributed by atoms with Crippen LogP contribution >= 0.6 is 0 Å². The Hall–Kier alpha value is -3.53.